The summed E-state index contributed by atoms with van der Waals surface area (Å²) in [6.07, 6.45) is 13.1. The first-order valence-electron chi connectivity index (χ1n) is 8.84. The van der Waals surface area contributed by atoms with Crippen LogP contribution in [-0.4, -0.2) is 40.0 Å². The highest BCUT2D eigenvalue weighted by Gasteiger charge is 2.14. The van der Waals surface area contributed by atoms with Crippen molar-refractivity contribution in [2.75, 3.05) is 18.5 Å². The Kier molecular flexibility index (Phi) is 7.39. The molecule has 1 saturated carbocycles. The van der Waals surface area contributed by atoms with E-state index in [0.29, 0.717) is 6.04 Å². The molecule has 1 amide bonds. The third-order valence-corrected chi connectivity index (χ3v) is 4.52. The van der Waals surface area contributed by atoms with Crippen LogP contribution in [0.1, 0.15) is 51.9 Å². The zero-order valence-corrected chi connectivity index (χ0v) is 14.1. The van der Waals surface area contributed by atoms with Gasteiger partial charge in [0.1, 0.15) is 6.54 Å². The maximum absolute atomic E-state index is 11.6. The molecule has 2 rings (SSSR count). The number of carbonyl (C=O) groups excluding carboxylic acids is 1. The smallest absolute Gasteiger partial charge is 0.241 e. The minimum Gasteiger partial charge on any atom is -0.395 e. The number of aromatic nitrogens is 2. The second-order valence-electron chi connectivity index (χ2n) is 6.63. The molecule has 6 heteroatoms. The van der Waals surface area contributed by atoms with E-state index < -0.39 is 0 Å². The third-order valence-electron chi connectivity index (χ3n) is 4.52. The van der Waals surface area contributed by atoms with Crippen molar-refractivity contribution in [1.82, 2.24) is 15.1 Å². The van der Waals surface area contributed by atoms with Gasteiger partial charge in [-0.3, -0.25) is 9.48 Å². The molecule has 23 heavy (non-hydrogen) atoms. The van der Waals surface area contributed by atoms with Crippen LogP contribution in [0.25, 0.3) is 0 Å². The summed E-state index contributed by atoms with van der Waals surface area (Å²) in [6, 6.07) is 0.415. The van der Waals surface area contributed by atoms with Gasteiger partial charge in [0.2, 0.25) is 5.91 Å². The van der Waals surface area contributed by atoms with Crippen LogP contribution in [0.3, 0.4) is 0 Å². The molecule has 0 bridgehead atoms. The summed E-state index contributed by atoms with van der Waals surface area (Å²) >= 11 is 0. The normalized spacial score (nSPS) is 17.0. The molecule has 1 atom stereocenters. The number of amides is 1. The molecule has 1 fully saturated rings. The lowest BCUT2D eigenvalue weighted by Gasteiger charge is -2.23. The second-order valence-corrected chi connectivity index (χ2v) is 6.63. The number of rotatable bonds is 9. The lowest BCUT2D eigenvalue weighted by atomic mass is 9.85. The van der Waals surface area contributed by atoms with Crippen molar-refractivity contribution in [2.45, 2.75) is 64.5 Å². The summed E-state index contributed by atoms with van der Waals surface area (Å²) in [5.41, 5.74) is 0.955. The lowest BCUT2D eigenvalue weighted by molar-refractivity contribution is -0.122. The molecule has 1 aromatic heterocycles. The Hall–Kier alpha value is -1.56. The van der Waals surface area contributed by atoms with Crippen molar-refractivity contribution >= 4 is 11.6 Å². The molecule has 0 spiro atoms. The Balaban J connectivity index is 1.69. The highest BCUT2D eigenvalue weighted by atomic mass is 16.3. The van der Waals surface area contributed by atoms with Crippen LogP contribution in [-0.2, 0) is 11.3 Å². The fraction of sp³-hybridized carbons (Fsp3) is 0.765. The van der Waals surface area contributed by atoms with Gasteiger partial charge < -0.3 is 15.7 Å². The van der Waals surface area contributed by atoms with Gasteiger partial charge in [0.05, 0.1) is 18.5 Å². The average Bonchev–Trinajstić information content (AvgIpc) is 2.98. The van der Waals surface area contributed by atoms with Crippen molar-refractivity contribution < 1.29 is 9.90 Å². The van der Waals surface area contributed by atoms with E-state index in [1.165, 1.54) is 44.9 Å². The van der Waals surface area contributed by atoms with Crippen LogP contribution in [0.5, 0.6) is 0 Å². The van der Waals surface area contributed by atoms with Crippen molar-refractivity contribution in [3.05, 3.63) is 12.4 Å². The number of anilines is 1. The Morgan fingerprint density at radius 3 is 2.96 bits per heavy atom. The predicted octanol–water partition coefficient (Wildman–Crippen LogP) is 2.15. The van der Waals surface area contributed by atoms with Gasteiger partial charge in [-0.2, -0.15) is 5.10 Å². The van der Waals surface area contributed by atoms with Gasteiger partial charge in [-0.25, -0.2) is 0 Å². The van der Waals surface area contributed by atoms with Crippen molar-refractivity contribution in [3.63, 3.8) is 0 Å². The van der Waals surface area contributed by atoms with E-state index in [2.05, 4.69) is 22.7 Å². The molecule has 1 heterocycles. The number of aliphatic hydroxyl groups excluding tert-OH is 1. The minimum atomic E-state index is -0.140. The van der Waals surface area contributed by atoms with Gasteiger partial charge in [0.25, 0.3) is 0 Å². The molecule has 1 aliphatic carbocycles. The zero-order chi connectivity index (χ0) is 16.5. The maximum atomic E-state index is 11.6. The van der Waals surface area contributed by atoms with Gasteiger partial charge in [0, 0.05) is 18.8 Å². The summed E-state index contributed by atoms with van der Waals surface area (Å²) < 4.78 is 1.61. The molecular weight excluding hydrogens is 292 g/mol. The van der Waals surface area contributed by atoms with Crippen LogP contribution in [0.2, 0.25) is 0 Å². The Bertz CT molecular complexity index is 469. The van der Waals surface area contributed by atoms with Crippen LogP contribution < -0.4 is 10.6 Å². The van der Waals surface area contributed by atoms with Gasteiger partial charge in [0.15, 0.2) is 0 Å². The number of aliphatic hydroxyl groups is 1. The number of hydrogen-bond donors (Lipinski definition) is 3. The van der Waals surface area contributed by atoms with E-state index in [4.69, 9.17) is 5.11 Å². The fourth-order valence-corrected chi connectivity index (χ4v) is 3.24. The fourth-order valence-electron chi connectivity index (χ4n) is 3.24. The van der Waals surface area contributed by atoms with Gasteiger partial charge in [-0.1, -0.05) is 32.1 Å². The van der Waals surface area contributed by atoms with Crippen molar-refractivity contribution in [3.8, 4) is 0 Å². The molecule has 130 valence electrons. The third kappa shape index (κ3) is 6.60. The van der Waals surface area contributed by atoms with Crippen LogP contribution in [0.15, 0.2) is 12.4 Å². The zero-order valence-electron chi connectivity index (χ0n) is 14.1. The molecule has 1 aliphatic rings. The summed E-state index contributed by atoms with van der Waals surface area (Å²) in [7, 11) is 0. The van der Waals surface area contributed by atoms with Gasteiger partial charge >= 0.3 is 0 Å². The van der Waals surface area contributed by atoms with E-state index in [0.717, 1.165) is 11.6 Å². The van der Waals surface area contributed by atoms with Crippen molar-refractivity contribution in [1.29, 1.82) is 0 Å². The van der Waals surface area contributed by atoms with Crippen LogP contribution in [0.4, 0.5) is 5.69 Å². The minimum absolute atomic E-state index is 0.0455. The highest BCUT2D eigenvalue weighted by Crippen LogP contribution is 2.28. The Morgan fingerprint density at radius 1 is 1.43 bits per heavy atom. The van der Waals surface area contributed by atoms with Crippen LogP contribution >= 0.6 is 0 Å². The maximum Gasteiger partial charge on any atom is 0.241 e. The van der Waals surface area contributed by atoms with E-state index in [1.54, 1.807) is 10.9 Å². The van der Waals surface area contributed by atoms with Gasteiger partial charge in [-0.15, -0.1) is 0 Å². The number of nitrogens with one attached hydrogen (secondary N) is 2. The van der Waals surface area contributed by atoms with Gasteiger partial charge in [-0.05, 0) is 25.7 Å². The molecule has 0 aliphatic heterocycles. The molecule has 6 nitrogen and oxygen atoms in total. The first-order chi connectivity index (χ1) is 11.2. The van der Waals surface area contributed by atoms with Crippen LogP contribution in [0, 0.1) is 5.92 Å². The molecule has 0 radical (unpaired) electrons. The molecule has 0 saturated heterocycles. The molecule has 0 aromatic carbocycles. The number of hydrogen-bond acceptors (Lipinski definition) is 4. The quantitative estimate of drug-likeness (QED) is 0.651. The van der Waals surface area contributed by atoms with E-state index in [9.17, 15) is 4.79 Å². The monoisotopic (exact) mass is 322 g/mol. The highest BCUT2D eigenvalue weighted by molar-refractivity contribution is 5.75. The predicted molar refractivity (Wildman–Crippen MR) is 91.2 cm³/mol. The van der Waals surface area contributed by atoms with E-state index in [1.807, 2.05) is 6.20 Å². The summed E-state index contributed by atoms with van der Waals surface area (Å²) in [6.45, 7) is 2.62. The second kappa shape index (κ2) is 9.55. The topological polar surface area (TPSA) is 79.2 Å². The van der Waals surface area contributed by atoms with Crippen molar-refractivity contribution in [2.24, 2.45) is 5.92 Å². The molecule has 1 unspecified atom stereocenters. The average molecular weight is 322 g/mol. The Labute approximate surface area is 138 Å². The first kappa shape index (κ1) is 17.8. The lowest BCUT2D eigenvalue weighted by Crippen LogP contribution is -2.30. The van der Waals surface area contributed by atoms with E-state index >= 15 is 0 Å². The largest absolute Gasteiger partial charge is 0.395 e. The molecular formula is C17H30N4O2. The SMILES string of the molecule is CC(CCC1CCCCC1)Nc1cnn(CC(=O)NCCO)c1. The summed E-state index contributed by atoms with van der Waals surface area (Å²) in [4.78, 5) is 11.6. The first-order valence-corrected chi connectivity index (χ1v) is 8.84. The standard InChI is InChI=1S/C17H30N4O2/c1-14(7-8-15-5-3-2-4-6-15)20-16-11-19-21(12-16)13-17(23)18-9-10-22/h11-12,14-15,20,22H,2-10,13H2,1H3,(H,18,23). The Morgan fingerprint density at radius 2 is 2.22 bits per heavy atom. The summed E-state index contributed by atoms with van der Waals surface area (Å²) in [5, 5.41) is 19.0. The number of carbonyl (C=O) groups is 1. The molecule has 1 aromatic rings. The van der Waals surface area contributed by atoms with E-state index in [-0.39, 0.29) is 25.6 Å². The molecule has 3 N–H and O–H groups in total. The summed E-state index contributed by atoms with van der Waals surface area (Å²) in [5.74, 6) is 0.769. The number of nitrogens with zero attached hydrogens (tertiary/aromatic N) is 2.